The molecule has 0 atom stereocenters. The van der Waals surface area contributed by atoms with Crippen molar-refractivity contribution < 1.29 is 24.2 Å². The van der Waals surface area contributed by atoms with E-state index >= 15 is 0 Å². The van der Waals surface area contributed by atoms with Gasteiger partial charge in [-0.05, 0) is 50.6 Å². The van der Waals surface area contributed by atoms with E-state index in [1.165, 1.54) is 42.8 Å². The van der Waals surface area contributed by atoms with Gasteiger partial charge in [0.2, 0.25) is 0 Å². The maximum absolute atomic E-state index is 12.3. The SMILES string of the molecule is Cc1ccc(Cn2nc(COC(=O)c3ccc(OC(C)(C)C(=O)O)cc3)[nH]c2=O)cc1. The van der Waals surface area contributed by atoms with Gasteiger partial charge in [-0.3, -0.25) is 4.98 Å². The predicted molar refractivity (Wildman–Crippen MR) is 111 cm³/mol. The number of rotatable bonds is 8. The lowest BCUT2D eigenvalue weighted by molar-refractivity contribution is -0.152. The average molecular weight is 425 g/mol. The van der Waals surface area contributed by atoms with Crippen LogP contribution in [0.1, 0.15) is 41.2 Å². The fourth-order valence-corrected chi connectivity index (χ4v) is 2.66. The molecule has 0 bridgehead atoms. The predicted octanol–water partition coefficient (Wildman–Crippen LogP) is 2.53. The number of ether oxygens (including phenoxy) is 2. The van der Waals surface area contributed by atoms with Crippen LogP contribution in [0.15, 0.2) is 53.3 Å². The highest BCUT2D eigenvalue weighted by Crippen LogP contribution is 2.19. The van der Waals surface area contributed by atoms with E-state index in [1.54, 1.807) is 0 Å². The fourth-order valence-electron chi connectivity index (χ4n) is 2.66. The standard InChI is InChI=1S/C22H23N3O6/c1-14-4-6-15(7-5-14)12-25-21(29)23-18(24-25)13-30-19(26)16-8-10-17(11-9-16)31-22(2,3)20(27)28/h4-11H,12-13H2,1-3H3,(H,27,28)(H,23,24,29). The number of carboxylic acid groups (broad SMARTS) is 1. The number of hydrogen-bond acceptors (Lipinski definition) is 6. The smallest absolute Gasteiger partial charge is 0.347 e. The highest BCUT2D eigenvalue weighted by atomic mass is 16.5. The number of carboxylic acids is 1. The summed E-state index contributed by atoms with van der Waals surface area (Å²) < 4.78 is 11.9. The Balaban J connectivity index is 1.59. The van der Waals surface area contributed by atoms with E-state index < -0.39 is 23.2 Å². The lowest BCUT2D eigenvalue weighted by Crippen LogP contribution is -2.37. The second kappa shape index (κ2) is 8.86. The largest absolute Gasteiger partial charge is 0.478 e. The molecule has 1 heterocycles. The van der Waals surface area contributed by atoms with Crippen molar-refractivity contribution in [3.63, 3.8) is 0 Å². The van der Waals surface area contributed by atoms with E-state index in [2.05, 4.69) is 10.1 Å². The van der Waals surface area contributed by atoms with Crippen LogP contribution in [0.2, 0.25) is 0 Å². The zero-order valence-corrected chi connectivity index (χ0v) is 17.4. The minimum atomic E-state index is -1.40. The van der Waals surface area contributed by atoms with Gasteiger partial charge >= 0.3 is 17.6 Å². The van der Waals surface area contributed by atoms with Gasteiger partial charge in [-0.2, -0.15) is 5.10 Å². The third-order valence-electron chi connectivity index (χ3n) is 4.50. The number of H-pyrrole nitrogens is 1. The summed E-state index contributed by atoms with van der Waals surface area (Å²) >= 11 is 0. The van der Waals surface area contributed by atoms with E-state index in [0.717, 1.165) is 11.1 Å². The van der Waals surface area contributed by atoms with Crippen molar-refractivity contribution in [2.75, 3.05) is 0 Å². The molecule has 162 valence electrons. The molecule has 9 nitrogen and oxygen atoms in total. The maximum atomic E-state index is 12.3. The number of hydrogen-bond donors (Lipinski definition) is 2. The van der Waals surface area contributed by atoms with E-state index in [1.807, 2.05) is 31.2 Å². The highest BCUT2D eigenvalue weighted by Gasteiger charge is 2.29. The third-order valence-corrected chi connectivity index (χ3v) is 4.50. The van der Waals surface area contributed by atoms with Crippen LogP contribution in [0.3, 0.4) is 0 Å². The first-order valence-electron chi connectivity index (χ1n) is 9.55. The molecule has 3 rings (SSSR count). The number of aryl methyl sites for hydroxylation is 1. The minimum Gasteiger partial charge on any atom is -0.478 e. The number of esters is 1. The molecule has 0 amide bonds. The molecule has 2 aromatic carbocycles. The van der Waals surface area contributed by atoms with Crippen LogP contribution in [0, 0.1) is 6.92 Å². The summed E-state index contributed by atoms with van der Waals surface area (Å²) in [6.07, 6.45) is 0. The molecule has 0 spiro atoms. The van der Waals surface area contributed by atoms with E-state index in [4.69, 9.17) is 14.6 Å². The van der Waals surface area contributed by atoms with Gasteiger partial charge in [0.1, 0.15) is 5.75 Å². The van der Waals surface area contributed by atoms with Gasteiger partial charge in [0.05, 0.1) is 12.1 Å². The number of aromatic nitrogens is 3. The normalized spacial score (nSPS) is 11.2. The first kappa shape index (κ1) is 21.8. The molecule has 0 radical (unpaired) electrons. The highest BCUT2D eigenvalue weighted by molar-refractivity contribution is 5.89. The van der Waals surface area contributed by atoms with Crippen LogP contribution in [0.25, 0.3) is 0 Å². The van der Waals surface area contributed by atoms with E-state index in [-0.39, 0.29) is 18.0 Å². The van der Waals surface area contributed by atoms with Crippen molar-refractivity contribution in [2.24, 2.45) is 0 Å². The molecule has 0 aliphatic rings. The van der Waals surface area contributed by atoms with Crippen LogP contribution in [0.4, 0.5) is 0 Å². The van der Waals surface area contributed by atoms with Gasteiger partial charge in [-0.15, -0.1) is 0 Å². The molecule has 31 heavy (non-hydrogen) atoms. The number of nitrogens with zero attached hydrogens (tertiary/aromatic N) is 2. The van der Waals surface area contributed by atoms with Crippen molar-refractivity contribution in [2.45, 2.75) is 39.5 Å². The summed E-state index contributed by atoms with van der Waals surface area (Å²) in [6, 6.07) is 13.6. The molecule has 9 heteroatoms. The van der Waals surface area contributed by atoms with Gasteiger partial charge in [-0.25, -0.2) is 19.1 Å². The second-order valence-electron chi connectivity index (χ2n) is 7.54. The lowest BCUT2D eigenvalue weighted by atomic mass is 10.1. The minimum absolute atomic E-state index is 0.195. The number of carbonyl (C=O) groups is 2. The van der Waals surface area contributed by atoms with Gasteiger partial charge in [0.15, 0.2) is 18.0 Å². The van der Waals surface area contributed by atoms with Crippen LogP contribution >= 0.6 is 0 Å². The van der Waals surface area contributed by atoms with Crippen LogP contribution in [-0.2, 0) is 22.7 Å². The van der Waals surface area contributed by atoms with Crippen molar-refractivity contribution in [3.8, 4) is 5.75 Å². The van der Waals surface area contributed by atoms with Crippen LogP contribution in [0.5, 0.6) is 5.75 Å². The fraction of sp³-hybridized carbons (Fsp3) is 0.273. The quantitative estimate of drug-likeness (QED) is 0.532. The Hall–Kier alpha value is -3.88. The maximum Gasteiger partial charge on any atom is 0.347 e. The van der Waals surface area contributed by atoms with Crippen LogP contribution < -0.4 is 10.4 Å². The van der Waals surface area contributed by atoms with E-state index in [0.29, 0.717) is 12.3 Å². The first-order valence-corrected chi connectivity index (χ1v) is 9.55. The van der Waals surface area contributed by atoms with Crippen molar-refractivity contribution >= 4 is 11.9 Å². The molecule has 0 unspecified atom stereocenters. The van der Waals surface area contributed by atoms with E-state index in [9.17, 15) is 14.4 Å². The zero-order chi connectivity index (χ0) is 22.6. The summed E-state index contributed by atoms with van der Waals surface area (Å²) in [7, 11) is 0. The molecule has 2 N–H and O–H groups in total. The molecule has 0 aliphatic carbocycles. The molecule has 0 saturated heterocycles. The number of nitrogens with one attached hydrogen (secondary N) is 1. The number of aliphatic carboxylic acids is 1. The summed E-state index contributed by atoms with van der Waals surface area (Å²) in [5.74, 6) is -1.18. The molecule has 0 fully saturated rings. The monoisotopic (exact) mass is 425 g/mol. The Morgan fingerprint density at radius 3 is 2.35 bits per heavy atom. The third kappa shape index (κ3) is 5.59. The Bertz CT molecular complexity index is 1130. The van der Waals surface area contributed by atoms with Gasteiger partial charge in [0, 0.05) is 0 Å². The number of aromatic amines is 1. The van der Waals surface area contributed by atoms with Gasteiger partial charge in [-0.1, -0.05) is 29.8 Å². The number of benzene rings is 2. The molecular formula is C22H23N3O6. The Morgan fingerprint density at radius 1 is 1.10 bits per heavy atom. The topological polar surface area (TPSA) is 124 Å². The zero-order valence-electron chi connectivity index (χ0n) is 17.4. The van der Waals surface area contributed by atoms with Crippen LogP contribution in [-0.4, -0.2) is 37.4 Å². The summed E-state index contributed by atoms with van der Waals surface area (Å²) in [5, 5.41) is 13.3. The molecule has 1 aromatic heterocycles. The number of carbonyl (C=O) groups excluding carboxylic acids is 1. The van der Waals surface area contributed by atoms with Crippen molar-refractivity contribution in [1.29, 1.82) is 0 Å². The lowest BCUT2D eigenvalue weighted by Gasteiger charge is -2.21. The average Bonchev–Trinajstić information content (AvgIpc) is 3.07. The Morgan fingerprint density at radius 2 is 1.74 bits per heavy atom. The molecule has 3 aromatic rings. The van der Waals surface area contributed by atoms with Gasteiger partial charge in [0.25, 0.3) is 0 Å². The van der Waals surface area contributed by atoms with Crippen molar-refractivity contribution in [1.82, 2.24) is 14.8 Å². The Kier molecular flexibility index (Phi) is 6.24. The summed E-state index contributed by atoms with van der Waals surface area (Å²) in [4.78, 5) is 38.0. The van der Waals surface area contributed by atoms with Crippen molar-refractivity contribution in [3.05, 3.63) is 81.5 Å². The van der Waals surface area contributed by atoms with Gasteiger partial charge < -0.3 is 14.6 Å². The molecule has 0 aliphatic heterocycles. The molecule has 0 saturated carbocycles. The Labute approximate surface area is 178 Å². The molecular weight excluding hydrogens is 402 g/mol. The summed E-state index contributed by atoms with van der Waals surface area (Å²) in [6.45, 7) is 4.94. The second-order valence-corrected chi connectivity index (χ2v) is 7.54. The summed E-state index contributed by atoms with van der Waals surface area (Å²) in [5.41, 5.74) is 0.508. The first-order chi connectivity index (χ1) is 14.6.